The molecule has 1 aliphatic rings. The summed E-state index contributed by atoms with van der Waals surface area (Å²) in [5.41, 5.74) is 0.966. The van der Waals surface area contributed by atoms with Crippen molar-refractivity contribution in [2.45, 2.75) is 20.0 Å². The summed E-state index contributed by atoms with van der Waals surface area (Å²) in [4.78, 5) is 27.2. The Balaban J connectivity index is 1.72. The number of rotatable bonds is 4. The van der Waals surface area contributed by atoms with Gasteiger partial charge in [0, 0.05) is 32.7 Å². The molecule has 0 atom stereocenters. The highest BCUT2D eigenvalue weighted by molar-refractivity contribution is 5.75. The first-order valence-electron chi connectivity index (χ1n) is 7.69. The number of amides is 3. The van der Waals surface area contributed by atoms with Crippen molar-refractivity contribution in [2.75, 3.05) is 32.7 Å². The van der Waals surface area contributed by atoms with Gasteiger partial charge < -0.3 is 19.9 Å². The van der Waals surface area contributed by atoms with E-state index in [9.17, 15) is 9.59 Å². The van der Waals surface area contributed by atoms with E-state index in [0.717, 1.165) is 12.0 Å². The summed E-state index contributed by atoms with van der Waals surface area (Å²) < 4.78 is 5.30. The van der Waals surface area contributed by atoms with E-state index in [4.69, 9.17) is 4.74 Å². The van der Waals surface area contributed by atoms with Gasteiger partial charge in [-0.15, -0.1) is 0 Å². The van der Waals surface area contributed by atoms with Crippen LogP contribution in [0, 0.1) is 0 Å². The monoisotopic (exact) mass is 305 g/mol. The Morgan fingerprint density at radius 2 is 1.73 bits per heavy atom. The molecule has 0 spiro atoms. The van der Waals surface area contributed by atoms with Crippen molar-refractivity contribution >= 4 is 12.1 Å². The molecule has 6 heteroatoms. The van der Waals surface area contributed by atoms with Gasteiger partial charge in [0.25, 0.3) is 0 Å². The van der Waals surface area contributed by atoms with E-state index in [1.54, 1.807) is 9.80 Å². The van der Waals surface area contributed by atoms with Gasteiger partial charge in [-0.05, 0) is 12.0 Å². The number of nitrogens with zero attached hydrogens (tertiary/aromatic N) is 2. The number of carbonyl (C=O) groups excluding carboxylic acids is 2. The van der Waals surface area contributed by atoms with Gasteiger partial charge in [-0.3, -0.25) is 0 Å². The molecule has 0 aromatic heterocycles. The number of piperazine rings is 1. The standard InChI is InChI=1S/C16H23N3O3/c1-2-8-17-15(20)18-9-11-19(12-10-18)16(21)22-13-14-6-4-3-5-7-14/h3-7H,2,8-13H2,1H3,(H,17,20). The van der Waals surface area contributed by atoms with Gasteiger partial charge in [-0.1, -0.05) is 37.3 Å². The second-order valence-corrected chi connectivity index (χ2v) is 5.25. The van der Waals surface area contributed by atoms with Gasteiger partial charge in [-0.25, -0.2) is 9.59 Å². The number of carbonyl (C=O) groups is 2. The van der Waals surface area contributed by atoms with E-state index in [2.05, 4.69) is 5.32 Å². The molecule has 1 aromatic carbocycles. The fourth-order valence-electron chi connectivity index (χ4n) is 2.25. The Labute approximate surface area is 131 Å². The van der Waals surface area contributed by atoms with E-state index in [0.29, 0.717) is 32.7 Å². The lowest BCUT2D eigenvalue weighted by atomic mass is 10.2. The van der Waals surface area contributed by atoms with Crippen LogP contribution in [0.25, 0.3) is 0 Å². The zero-order valence-corrected chi connectivity index (χ0v) is 13.0. The molecule has 0 saturated carbocycles. The summed E-state index contributed by atoms with van der Waals surface area (Å²) in [6.07, 6.45) is 0.592. The smallest absolute Gasteiger partial charge is 0.410 e. The Bertz CT molecular complexity index is 485. The van der Waals surface area contributed by atoms with Gasteiger partial charge in [-0.2, -0.15) is 0 Å². The Hall–Kier alpha value is -2.24. The first kappa shape index (κ1) is 16.1. The number of urea groups is 1. The van der Waals surface area contributed by atoms with Crippen molar-refractivity contribution in [1.82, 2.24) is 15.1 Å². The summed E-state index contributed by atoms with van der Waals surface area (Å²) >= 11 is 0. The maximum absolute atomic E-state index is 12.0. The molecule has 1 fully saturated rings. The summed E-state index contributed by atoms with van der Waals surface area (Å²) in [6.45, 7) is 5.06. The summed E-state index contributed by atoms with van der Waals surface area (Å²) in [5.74, 6) is 0. The van der Waals surface area contributed by atoms with Crippen molar-refractivity contribution < 1.29 is 14.3 Å². The Morgan fingerprint density at radius 1 is 1.09 bits per heavy atom. The molecule has 2 rings (SSSR count). The average molecular weight is 305 g/mol. The topological polar surface area (TPSA) is 61.9 Å². The molecule has 0 unspecified atom stereocenters. The Kier molecular flexibility index (Phi) is 6.06. The SMILES string of the molecule is CCCNC(=O)N1CCN(C(=O)OCc2ccccc2)CC1. The quantitative estimate of drug-likeness (QED) is 0.926. The van der Waals surface area contributed by atoms with Crippen molar-refractivity contribution in [3.63, 3.8) is 0 Å². The van der Waals surface area contributed by atoms with Crippen molar-refractivity contribution in [3.05, 3.63) is 35.9 Å². The highest BCUT2D eigenvalue weighted by Gasteiger charge is 2.24. The molecule has 1 N–H and O–H groups in total. The molecule has 1 aromatic rings. The van der Waals surface area contributed by atoms with E-state index >= 15 is 0 Å². The first-order chi connectivity index (χ1) is 10.7. The van der Waals surface area contributed by atoms with E-state index in [1.807, 2.05) is 37.3 Å². The van der Waals surface area contributed by atoms with Gasteiger partial charge in [0.1, 0.15) is 6.61 Å². The second-order valence-electron chi connectivity index (χ2n) is 5.25. The third-order valence-corrected chi connectivity index (χ3v) is 3.56. The van der Waals surface area contributed by atoms with Crippen LogP contribution in [0.3, 0.4) is 0 Å². The molecule has 0 radical (unpaired) electrons. The van der Waals surface area contributed by atoms with E-state index < -0.39 is 0 Å². The molecule has 6 nitrogen and oxygen atoms in total. The third-order valence-electron chi connectivity index (χ3n) is 3.56. The summed E-state index contributed by atoms with van der Waals surface area (Å²) in [6, 6.07) is 9.54. The molecular formula is C16H23N3O3. The summed E-state index contributed by atoms with van der Waals surface area (Å²) in [7, 11) is 0. The molecule has 1 saturated heterocycles. The molecule has 120 valence electrons. The van der Waals surface area contributed by atoms with Crippen LogP contribution < -0.4 is 5.32 Å². The molecular weight excluding hydrogens is 282 g/mol. The lowest BCUT2D eigenvalue weighted by Gasteiger charge is -2.34. The molecule has 22 heavy (non-hydrogen) atoms. The number of hydrogen-bond acceptors (Lipinski definition) is 3. The van der Waals surface area contributed by atoms with Crippen LogP contribution in [0.15, 0.2) is 30.3 Å². The zero-order valence-electron chi connectivity index (χ0n) is 13.0. The number of nitrogens with one attached hydrogen (secondary N) is 1. The molecule has 0 bridgehead atoms. The molecule has 1 aliphatic heterocycles. The predicted molar refractivity (Wildman–Crippen MR) is 83.5 cm³/mol. The third kappa shape index (κ3) is 4.65. The number of benzene rings is 1. The van der Waals surface area contributed by atoms with Gasteiger partial charge >= 0.3 is 12.1 Å². The van der Waals surface area contributed by atoms with Crippen LogP contribution in [-0.4, -0.2) is 54.6 Å². The highest BCUT2D eigenvalue weighted by atomic mass is 16.6. The normalized spacial score (nSPS) is 14.6. The van der Waals surface area contributed by atoms with Crippen molar-refractivity contribution in [1.29, 1.82) is 0 Å². The maximum atomic E-state index is 12.0. The van der Waals surface area contributed by atoms with Crippen LogP contribution in [0.2, 0.25) is 0 Å². The van der Waals surface area contributed by atoms with Crippen molar-refractivity contribution in [3.8, 4) is 0 Å². The predicted octanol–water partition coefficient (Wildman–Crippen LogP) is 2.06. The van der Waals surface area contributed by atoms with Gasteiger partial charge in [0.2, 0.25) is 0 Å². The minimum absolute atomic E-state index is 0.0563. The largest absolute Gasteiger partial charge is 0.445 e. The number of hydrogen-bond donors (Lipinski definition) is 1. The summed E-state index contributed by atoms with van der Waals surface area (Å²) in [5, 5.41) is 2.85. The first-order valence-corrected chi connectivity index (χ1v) is 7.69. The fraction of sp³-hybridized carbons (Fsp3) is 0.500. The molecule has 0 aliphatic carbocycles. The second kappa shape index (κ2) is 8.26. The van der Waals surface area contributed by atoms with Crippen molar-refractivity contribution in [2.24, 2.45) is 0 Å². The van der Waals surface area contributed by atoms with Crippen LogP contribution in [0.4, 0.5) is 9.59 Å². The van der Waals surface area contributed by atoms with Gasteiger partial charge in [0.05, 0.1) is 0 Å². The molecule has 3 amide bonds. The minimum atomic E-state index is -0.322. The molecule has 1 heterocycles. The van der Waals surface area contributed by atoms with Gasteiger partial charge in [0.15, 0.2) is 0 Å². The van der Waals surface area contributed by atoms with Crippen LogP contribution in [-0.2, 0) is 11.3 Å². The van der Waals surface area contributed by atoms with Crippen LogP contribution in [0.1, 0.15) is 18.9 Å². The fourth-order valence-corrected chi connectivity index (χ4v) is 2.25. The van der Waals surface area contributed by atoms with Crippen LogP contribution in [0.5, 0.6) is 0 Å². The zero-order chi connectivity index (χ0) is 15.8. The average Bonchev–Trinajstić information content (AvgIpc) is 2.58. The van der Waals surface area contributed by atoms with E-state index in [1.165, 1.54) is 0 Å². The van der Waals surface area contributed by atoms with Crippen LogP contribution >= 0.6 is 0 Å². The number of ether oxygens (including phenoxy) is 1. The Morgan fingerprint density at radius 3 is 2.36 bits per heavy atom. The van der Waals surface area contributed by atoms with E-state index in [-0.39, 0.29) is 18.7 Å². The lowest BCUT2D eigenvalue weighted by molar-refractivity contribution is 0.0769. The highest BCUT2D eigenvalue weighted by Crippen LogP contribution is 2.07. The lowest BCUT2D eigenvalue weighted by Crippen LogP contribution is -2.53. The minimum Gasteiger partial charge on any atom is -0.445 e. The maximum Gasteiger partial charge on any atom is 0.410 e.